The Morgan fingerprint density at radius 1 is 1.47 bits per heavy atom. The van der Waals surface area contributed by atoms with Gasteiger partial charge in [0.25, 0.3) is 0 Å². The second-order valence-electron chi connectivity index (χ2n) is 6.09. The third-order valence-electron chi connectivity index (χ3n) is 4.10. The molecule has 4 unspecified atom stereocenters. The van der Waals surface area contributed by atoms with Gasteiger partial charge in [-0.3, -0.25) is 0 Å². The normalized spacial score (nSPS) is 35.9. The maximum atomic E-state index is 10.7. The van der Waals surface area contributed by atoms with E-state index in [1.165, 1.54) is 0 Å². The van der Waals surface area contributed by atoms with Crippen molar-refractivity contribution in [3.05, 3.63) is 0 Å². The molecule has 3 N–H and O–H groups in total. The van der Waals surface area contributed by atoms with Crippen LogP contribution in [0.2, 0.25) is 0 Å². The number of carbonyl (C=O) groups is 1. The van der Waals surface area contributed by atoms with Gasteiger partial charge in [0.2, 0.25) is 0 Å². The lowest BCUT2D eigenvalue weighted by Crippen LogP contribution is -2.40. The van der Waals surface area contributed by atoms with Gasteiger partial charge < -0.3 is 15.3 Å². The molecular formula is C13H24O4. The lowest BCUT2D eigenvalue weighted by Gasteiger charge is -2.42. The van der Waals surface area contributed by atoms with Crippen LogP contribution in [0.15, 0.2) is 0 Å². The van der Waals surface area contributed by atoms with Crippen molar-refractivity contribution in [2.24, 2.45) is 17.3 Å². The van der Waals surface area contributed by atoms with Crippen molar-refractivity contribution in [1.29, 1.82) is 0 Å². The quantitative estimate of drug-likeness (QED) is 0.702. The minimum Gasteiger partial charge on any atom is -0.479 e. The molecule has 0 heterocycles. The molecule has 1 rings (SSSR count). The van der Waals surface area contributed by atoms with Gasteiger partial charge in [0.1, 0.15) is 0 Å². The van der Waals surface area contributed by atoms with Crippen LogP contribution in [0.25, 0.3) is 0 Å². The van der Waals surface area contributed by atoms with Gasteiger partial charge in [0.15, 0.2) is 6.10 Å². The lowest BCUT2D eigenvalue weighted by molar-refractivity contribution is -0.149. The summed E-state index contributed by atoms with van der Waals surface area (Å²) in [6, 6.07) is 0. The molecule has 0 aromatic heterocycles. The number of hydrogen-bond donors (Lipinski definition) is 3. The standard InChI is InChI=1S/C13H24O4/c1-8(2)9-4-5-13(3,6-10(9)14)7-11(15)12(16)17/h8-11,14-15H,4-7H2,1-3H3,(H,16,17). The van der Waals surface area contributed by atoms with E-state index in [1.54, 1.807) is 0 Å². The Bertz CT molecular complexity index is 277. The Kier molecular flexibility index (Phi) is 4.55. The molecule has 0 aromatic carbocycles. The van der Waals surface area contributed by atoms with E-state index in [0.717, 1.165) is 12.8 Å². The van der Waals surface area contributed by atoms with Crippen molar-refractivity contribution in [2.45, 2.75) is 58.7 Å². The summed E-state index contributed by atoms with van der Waals surface area (Å²) in [4.78, 5) is 10.7. The van der Waals surface area contributed by atoms with E-state index in [2.05, 4.69) is 13.8 Å². The van der Waals surface area contributed by atoms with Gasteiger partial charge in [-0.2, -0.15) is 0 Å². The number of carboxylic acid groups (broad SMARTS) is 1. The molecule has 0 radical (unpaired) electrons. The highest BCUT2D eigenvalue weighted by atomic mass is 16.4. The molecule has 1 saturated carbocycles. The van der Waals surface area contributed by atoms with Gasteiger partial charge in [-0.1, -0.05) is 20.8 Å². The van der Waals surface area contributed by atoms with Crippen molar-refractivity contribution in [2.75, 3.05) is 0 Å². The molecule has 100 valence electrons. The molecule has 1 aliphatic carbocycles. The molecule has 4 heteroatoms. The van der Waals surface area contributed by atoms with Crippen LogP contribution in [0.4, 0.5) is 0 Å². The molecule has 0 saturated heterocycles. The van der Waals surface area contributed by atoms with Crippen molar-refractivity contribution in [3.63, 3.8) is 0 Å². The zero-order chi connectivity index (χ0) is 13.2. The maximum absolute atomic E-state index is 10.7. The smallest absolute Gasteiger partial charge is 0.332 e. The molecule has 1 fully saturated rings. The summed E-state index contributed by atoms with van der Waals surface area (Å²) in [7, 11) is 0. The predicted octanol–water partition coefficient (Wildman–Crippen LogP) is 1.65. The fourth-order valence-corrected chi connectivity index (χ4v) is 2.98. The highest BCUT2D eigenvalue weighted by Crippen LogP contribution is 2.44. The highest BCUT2D eigenvalue weighted by molar-refractivity contribution is 5.71. The maximum Gasteiger partial charge on any atom is 0.332 e. The average molecular weight is 244 g/mol. The molecule has 17 heavy (non-hydrogen) atoms. The van der Waals surface area contributed by atoms with Gasteiger partial charge in [0, 0.05) is 0 Å². The molecule has 0 aromatic rings. The van der Waals surface area contributed by atoms with Gasteiger partial charge in [-0.05, 0) is 42.9 Å². The molecule has 0 aliphatic heterocycles. The Balaban J connectivity index is 2.60. The Morgan fingerprint density at radius 2 is 2.06 bits per heavy atom. The van der Waals surface area contributed by atoms with E-state index in [-0.39, 0.29) is 17.9 Å². The number of aliphatic hydroxyl groups is 2. The van der Waals surface area contributed by atoms with Crippen molar-refractivity contribution < 1.29 is 20.1 Å². The molecule has 4 nitrogen and oxygen atoms in total. The second-order valence-corrected chi connectivity index (χ2v) is 6.09. The van der Waals surface area contributed by atoms with Crippen LogP contribution in [0, 0.1) is 17.3 Å². The molecule has 0 amide bonds. The van der Waals surface area contributed by atoms with Crippen molar-refractivity contribution in [1.82, 2.24) is 0 Å². The summed E-state index contributed by atoms with van der Waals surface area (Å²) in [5.74, 6) is -0.435. The minimum absolute atomic E-state index is 0.226. The Hall–Kier alpha value is -0.610. The Labute approximate surface area is 103 Å². The van der Waals surface area contributed by atoms with Gasteiger partial charge in [0.05, 0.1) is 6.10 Å². The lowest BCUT2D eigenvalue weighted by atomic mass is 9.65. The van der Waals surface area contributed by atoms with E-state index >= 15 is 0 Å². The van der Waals surface area contributed by atoms with Crippen molar-refractivity contribution >= 4 is 5.97 Å². The number of aliphatic hydroxyl groups excluding tert-OH is 2. The molecule has 0 spiro atoms. The zero-order valence-corrected chi connectivity index (χ0v) is 10.9. The summed E-state index contributed by atoms with van der Waals surface area (Å²) < 4.78 is 0. The van der Waals surface area contributed by atoms with Gasteiger partial charge in [-0.25, -0.2) is 4.79 Å². The van der Waals surface area contributed by atoms with E-state index < -0.39 is 12.1 Å². The van der Waals surface area contributed by atoms with E-state index in [9.17, 15) is 15.0 Å². The number of carboxylic acids is 1. The first-order valence-corrected chi connectivity index (χ1v) is 6.34. The van der Waals surface area contributed by atoms with Crippen LogP contribution < -0.4 is 0 Å². The zero-order valence-electron chi connectivity index (χ0n) is 10.9. The fraction of sp³-hybridized carbons (Fsp3) is 0.923. The van der Waals surface area contributed by atoms with Gasteiger partial charge in [-0.15, -0.1) is 0 Å². The Morgan fingerprint density at radius 3 is 2.47 bits per heavy atom. The first-order chi connectivity index (χ1) is 7.75. The van der Waals surface area contributed by atoms with E-state index in [1.807, 2.05) is 6.92 Å². The molecule has 1 aliphatic rings. The van der Waals surface area contributed by atoms with Crippen LogP contribution in [-0.4, -0.2) is 33.5 Å². The summed E-state index contributed by atoms with van der Waals surface area (Å²) in [6.07, 6.45) is 0.890. The van der Waals surface area contributed by atoms with Crippen LogP contribution in [-0.2, 0) is 4.79 Å². The van der Waals surface area contributed by atoms with Crippen LogP contribution in [0.1, 0.15) is 46.5 Å². The fourth-order valence-electron chi connectivity index (χ4n) is 2.98. The number of aliphatic carboxylic acids is 1. The van der Waals surface area contributed by atoms with Crippen LogP contribution in [0.3, 0.4) is 0 Å². The van der Waals surface area contributed by atoms with Crippen molar-refractivity contribution in [3.8, 4) is 0 Å². The molecule has 0 bridgehead atoms. The largest absolute Gasteiger partial charge is 0.479 e. The predicted molar refractivity (Wildman–Crippen MR) is 64.6 cm³/mol. The summed E-state index contributed by atoms with van der Waals surface area (Å²) >= 11 is 0. The van der Waals surface area contributed by atoms with E-state index in [4.69, 9.17) is 5.11 Å². The summed E-state index contributed by atoms with van der Waals surface area (Å²) in [5, 5.41) is 28.2. The van der Waals surface area contributed by atoms with Crippen LogP contribution in [0.5, 0.6) is 0 Å². The first-order valence-electron chi connectivity index (χ1n) is 6.34. The number of rotatable bonds is 4. The SMILES string of the molecule is CC(C)C1CCC(C)(CC(O)C(=O)O)CC1O. The number of hydrogen-bond acceptors (Lipinski definition) is 3. The molecule has 4 atom stereocenters. The first kappa shape index (κ1) is 14.5. The van der Waals surface area contributed by atoms with Crippen LogP contribution >= 0.6 is 0 Å². The summed E-state index contributed by atoms with van der Waals surface area (Å²) in [6.45, 7) is 6.16. The van der Waals surface area contributed by atoms with E-state index in [0.29, 0.717) is 18.3 Å². The second kappa shape index (κ2) is 5.36. The monoisotopic (exact) mass is 244 g/mol. The minimum atomic E-state index is -1.32. The third kappa shape index (κ3) is 3.68. The highest BCUT2D eigenvalue weighted by Gasteiger charge is 2.40. The average Bonchev–Trinajstić information content (AvgIpc) is 2.15. The molecular weight excluding hydrogens is 220 g/mol. The van der Waals surface area contributed by atoms with Gasteiger partial charge >= 0.3 is 5.97 Å². The topological polar surface area (TPSA) is 77.8 Å². The summed E-state index contributed by atoms with van der Waals surface area (Å²) in [5.41, 5.74) is -0.261. The third-order valence-corrected chi connectivity index (χ3v) is 4.10.